The van der Waals surface area contributed by atoms with E-state index in [1.54, 1.807) is 0 Å². The second-order valence-corrected chi connectivity index (χ2v) is 30.3. The number of unbranched alkanes of at least 4 members (excludes halogenated alkanes) is 51. The van der Waals surface area contributed by atoms with Gasteiger partial charge in [-0.15, -0.1) is 0 Å². The van der Waals surface area contributed by atoms with Crippen molar-refractivity contribution >= 4 is 39.5 Å². The molecule has 0 heterocycles. The molecule has 17 nitrogen and oxygen atoms in total. The summed E-state index contributed by atoms with van der Waals surface area (Å²) in [4.78, 5) is 72.7. The van der Waals surface area contributed by atoms with Crippen LogP contribution in [0.2, 0.25) is 0 Å². The highest BCUT2D eigenvalue weighted by Gasteiger charge is 2.30. The highest BCUT2D eigenvalue weighted by atomic mass is 31.2. The van der Waals surface area contributed by atoms with Gasteiger partial charge in [0.05, 0.1) is 26.4 Å². The summed E-state index contributed by atoms with van der Waals surface area (Å²) in [6, 6.07) is 0. The Labute approximate surface area is 581 Å². The topological polar surface area (TPSA) is 237 Å². The molecule has 5 atom stereocenters. The number of phosphoric acid groups is 2. The molecule has 0 saturated carbocycles. The van der Waals surface area contributed by atoms with Gasteiger partial charge in [-0.3, -0.25) is 37.3 Å². The molecule has 0 aliphatic carbocycles. The van der Waals surface area contributed by atoms with Gasteiger partial charge in [0.25, 0.3) is 0 Å². The monoisotopic (exact) mass is 1400 g/mol. The van der Waals surface area contributed by atoms with Crippen LogP contribution in [0.15, 0.2) is 0 Å². The second kappa shape index (κ2) is 70.5. The fourth-order valence-corrected chi connectivity index (χ4v) is 13.3. The summed E-state index contributed by atoms with van der Waals surface area (Å²) < 4.78 is 68.5. The summed E-state index contributed by atoms with van der Waals surface area (Å²) in [5, 5.41) is 10.6. The van der Waals surface area contributed by atoms with Crippen molar-refractivity contribution in [3.63, 3.8) is 0 Å². The van der Waals surface area contributed by atoms with Gasteiger partial charge in [0.15, 0.2) is 12.2 Å². The van der Waals surface area contributed by atoms with Crippen LogP contribution < -0.4 is 0 Å². The first-order chi connectivity index (χ1) is 46.2. The second-order valence-electron chi connectivity index (χ2n) is 27.4. The lowest BCUT2D eigenvalue weighted by atomic mass is 10.0. The maximum Gasteiger partial charge on any atom is 0.472 e. The average Bonchev–Trinajstić information content (AvgIpc) is 1.51. The molecule has 0 rings (SSSR count). The van der Waals surface area contributed by atoms with Gasteiger partial charge in [-0.05, 0) is 25.7 Å². The van der Waals surface area contributed by atoms with Crippen molar-refractivity contribution in [2.75, 3.05) is 39.6 Å². The van der Waals surface area contributed by atoms with Gasteiger partial charge < -0.3 is 33.8 Å². The lowest BCUT2D eigenvalue weighted by Gasteiger charge is -2.21. The number of esters is 4. The summed E-state index contributed by atoms with van der Waals surface area (Å²) in [7, 11) is -9.90. The van der Waals surface area contributed by atoms with Crippen LogP contribution in [0.4, 0.5) is 0 Å². The standard InChI is InChI=1S/C76H148O17P2/c1-5-9-13-17-21-25-29-32-33-34-35-36-37-38-39-40-43-47-51-55-59-63-76(81)93-72(67-87-74(79)61-57-53-49-45-41-30-26-22-18-14-10-6-2)69-91-95(84,85)89-65-70(77)64-88-94(82,83)90-68-71(66-86-73(78)60-56-52-48-44-28-24-20-16-12-8-4)92-75(80)62-58-54-50-46-42-31-27-23-19-15-11-7-3/h70-72,77H,5-69H2,1-4H3,(H,82,83)(H,84,85)/t70-,71+,72+/m0/s1. The van der Waals surface area contributed by atoms with Crippen molar-refractivity contribution in [1.82, 2.24) is 0 Å². The van der Waals surface area contributed by atoms with E-state index in [0.29, 0.717) is 25.7 Å². The molecule has 0 saturated heterocycles. The zero-order valence-corrected chi connectivity index (χ0v) is 63.4. The fourth-order valence-electron chi connectivity index (χ4n) is 11.8. The zero-order chi connectivity index (χ0) is 69.7. The summed E-state index contributed by atoms with van der Waals surface area (Å²) in [5.74, 6) is -2.11. The minimum Gasteiger partial charge on any atom is -0.462 e. The molecular weight excluding hydrogens is 1250 g/mol. The van der Waals surface area contributed by atoms with E-state index in [-0.39, 0.29) is 25.7 Å². The molecule has 0 aromatic carbocycles. The van der Waals surface area contributed by atoms with Crippen molar-refractivity contribution in [3.05, 3.63) is 0 Å². The molecule has 2 unspecified atom stereocenters. The van der Waals surface area contributed by atoms with Crippen LogP contribution in [-0.4, -0.2) is 96.7 Å². The van der Waals surface area contributed by atoms with Crippen molar-refractivity contribution in [3.8, 4) is 0 Å². The van der Waals surface area contributed by atoms with Gasteiger partial charge in [0.1, 0.15) is 19.3 Å². The Balaban J connectivity index is 5.18. The molecule has 0 aliphatic rings. The van der Waals surface area contributed by atoms with Crippen molar-refractivity contribution in [1.29, 1.82) is 0 Å². The minimum absolute atomic E-state index is 0.108. The van der Waals surface area contributed by atoms with E-state index in [1.165, 1.54) is 238 Å². The Morgan fingerprint density at radius 3 is 0.621 bits per heavy atom. The van der Waals surface area contributed by atoms with Gasteiger partial charge in [-0.25, -0.2) is 9.13 Å². The van der Waals surface area contributed by atoms with E-state index in [1.807, 2.05) is 0 Å². The Bertz CT molecular complexity index is 1810. The van der Waals surface area contributed by atoms with Crippen molar-refractivity contribution < 1.29 is 80.2 Å². The van der Waals surface area contributed by atoms with Gasteiger partial charge in [0, 0.05) is 25.7 Å². The lowest BCUT2D eigenvalue weighted by Crippen LogP contribution is -2.30. The third-order valence-corrected chi connectivity index (χ3v) is 19.8. The Kier molecular flexibility index (Phi) is 69.1. The van der Waals surface area contributed by atoms with E-state index in [4.69, 9.17) is 37.0 Å². The van der Waals surface area contributed by atoms with Crippen molar-refractivity contribution in [2.24, 2.45) is 0 Å². The molecule has 0 aromatic heterocycles. The molecule has 0 spiro atoms. The third-order valence-electron chi connectivity index (χ3n) is 17.9. The van der Waals surface area contributed by atoms with E-state index in [2.05, 4.69) is 27.7 Å². The number of hydrogen-bond donors (Lipinski definition) is 3. The maximum absolute atomic E-state index is 13.1. The highest BCUT2D eigenvalue weighted by Crippen LogP contribution is 2.45. The SMILES string of the molecule is CCCCCCCCCCCCCCCCCCCCCCCC(=O)O[C@H](COC(=O)CCCCCCCCCCCCCC)COP(=O)(O)OC[C@@H](O)COP(=O)(O)OC[C@@H](COC(=O)CCCCCCCCCCCC)OC(=O)CCCCCCCCCCCCCC. The largest absolute Gasteiger partial charge is 0.472 e. The highest BCUT2D eigenvalue weighted by molar-refractivity contribution is 7.47. The van der Waals surface area contributed by atoms with Crippen LogP contribution >= 0.6 is 15.6 Å². The first kappa shape index (κ1) is 93.1. The molecule has 95 heavy (non-hydrogen) atoms. The molecule has 19 heteroatoms. The fraction of sp³-hybridized carbons (Fsp3) is 0.947. The number of carbonyl (C=O) groups is 4. The zero-order valence-electron chi connectivity index (χ0n) is 61.6. The van der Waals surface area contributed by atoms with Gasteiger partial charge in [-0.2, -0.15) is 0 Å². The number of aliphatic hydroxyl groups excluding tert-OH is 1. The van der Waals surface area contributed by atoms with Crippen LogP contribution in [-0.2, 0) is 65.4 Å². The maximum atomic E-state index is 13.1. The summed E-state index contributed by atoms with van der Waals surface area (Å²) >= 11 is 0. The molecule has 0 fully saturated rings. The number of rotatable bonds is 77. The van der Waals surface area contributed by atoms with Crippen LogP contribution in [0.3, 0.4) is 0 Å². The predicted octanol–water partition coefficient (Wildman–Crippen LogP) is 22.6. The molecule has 0 bridgehead atoms. The number of aliphatic hydroxyl groups is 1. The Morgan fingerprint density at radius 1 is 0.253 bits per heavy atom. The van der Waals surface area contributed by atoms with Crippen LogP contribution in [0.5, 0.6) is 0 Å². The normalized spacial score (nSPS) is 13.9. The Hall–Kier alpha value is -1.94. The van der Waals surface area contributed by atoms with E-state index in [9.17, 15) is 43.2 Å². The lowest BCUT2D eigenvalue weighted by molar-refractivity contribution is -0.161. The van der Waals surface area contributed by atoms with Crippen LogP contribution in [0, 0.1) is 0 Å². The third kappa shape index (κ3) is 70.3. The predicted molar refractivity (Wildman–Crippen MR) is 386 cm³/mol. The van der Waals surface area contributed by atoms with E-state index >= 15 is 0 Å². The smallest absolute Gasteiger partial charge is 0.462 e. The number of phosphoric ester groups is 2. The first-order valence-electron chi connectivity index (χ1n) is 39.8. The van der Waals surface area contributed by atoms with E-state index < -0.39 is 97.5 Å². The molecule has 0 aromatic rings. The Morgan fingerprint density at radius 2 is 0.421 bits per heavy atom. The number of hydrogen-bond acceptors (Lipinski definition) is 15. The number of carbonyl (C=O) groups excluding carboxylic acids is 4. The first-order valence-corrected chi connectivity index (χ1v) is 42.8. The van der Waals surface area contributed by atoms with Crippen LogP contribution in [0.1, 0.15) is 407 Å². The minimum atomic E-state index is -4.95. The molecule has 564 valence electrons. The quantitative estimate of drug-likeness (QED) is 0.0222. The van der Waals surface area contributed by atoms with E-state index in [0.717, 1.165) is 89.9 Å². The van der Waals surface area contributed by atoms with Gasteiger partial charge >= 0.3 is 39.5 Å². The molecule has 0 radical (unpaired) electrons. The molecule has 0 amide bonds. The summed E-state index contributed by atoms with van der Waals surface area (Å²) in [6.45, 7) is 4.98. The summed E-state index contributed by atoms with van der Waals surface area (Å²) in [6.07, 6.45) is 61.0. The van der Waals surface area contributed by atoms with Gasteiger partial charge in [-0.1, -0.05) is 355 Å². The summed E-state index contributed by atoms with van der Waals surface area (Å²) in [5.41, 5.74) is 0. The van der Waals surface area contributed by atoms with Crippen molar-refractivity contribution in [2.45, 2.75) is 425 Å². The molecule has 3 N–H and O–H groups in total. The number of ether oxygens (including phenoxy) is 4. The molecule has 0 aliphatic heterocycles. The average molecular weight is 1400 g/mol. The van der Waals surface area contributed by atoms with Crippen LogP contribution in [0.25, 0.3) is 0 Å². The van der Waals surface area contributed by atoms with Gasteiger partial charge in [0.2, 0.25) is 0 Å². The molecular formula is C76H148O17P2.